The van der Waals surface area contributed by atoms with Gasteiger partial charge in [0.05, 0.1) is 25.4 Å². The first-order valence-corrected chi connectivity index (χ1v) is 3.55. The fraction of sp³-hybridized carbons (Fsp3) is 1.00. The third-order valence-corrected chi connectivity index (χ3v) is 1.32. The molecule has 0 aliphatic carbocycles. The Morgan fingerprint density at radius 3 is 1.55 bits per heavy atom. The Labute approximate surface area is 65.9 Å². The van der Waals surface area contributed by atoms with Crippen LogP contribution in [0.15, 0.2) is 0 Å². The van der Waals surface area contributed by atoms with Gasteiger partial charge < -0.3 is 26.4 Å². The molecule has 5 nitrogen and oxygen atoms in total. The van der Waals surface area contributed by atoms with Gasteiger partial charge in [-0.2, -0.15) is 0 Å². The molecule has 0 aliphatic rings. The van der Waals surface area contributed by atoms with Crippen LogP contribution in [0.1, 0.15) is 0 Å². The highest BCUT2D eigenvalue weighted by Gasteiger charge is 2.11. The third kappa shape index (κ3) is 4.28. The van der Waals surface area contributed by atoms with Gasteiger partial charge in [0, 0.05) is 13.1 Å². The second-order valence-electron chi connectivity index (χ2n) is 2.22. The van der Waals surface area contributed by atoms with Gasteiger partial charge in [0.1, 0.15) is 0 Å². The highest BCUT2D eigenvalue weighted by molar-refractivity contribution is 4.62. The van der Waals surface area contributed by atoms with Crippen LogP contribution < -0.4 is 11.5 Å². The first kappa shape index (κ1) is 10.8. The summed E-state index contributed by atoms with van der Waals surface area (Å²) in [6.45, 7) is 0.167. The molecule has 0 aliphatic heterocycles. The summed E-state index contributed by atoms with van der Waals surface area (Å²) >= 11 is 0. The van der Waals surface area contributed by atoms with Crippen LogP contribution in [-0.2, 0) is 4.74 Å². The Balaban J connectivity index is 3.58. The topological polar surface area (TPSA) is 102 Å². The molecule has 0 fully saturated rings. The van der Waals surface area contributed by atoms with Crippen molar-refractivity contribution in [1.29, 1.82) is 0 Å². The van der Waals surface area contributed by atoms with E-state index in [0.717, 1.165) is 0 Å². The maximum atomic E-state index is 8.64. The Morgan fingerprint density at radius 1 is 1.00 bits per heavy atom. The standard InChI is InChI=1S/C6H16N2O3/c7-1-5(3-9)11-6(2-8)4-10/h5-6,9-10H,1-4,7-8H2. The molecule has 0 saturated carbocycles. The molecule has 2 unspecified atom stereocenters. The summed E-state index contributed by atoms with van der Waals surface area (Å²) in [5.74, 6) is 0. The summed E-state index contributed by atoms with van der Waals surface area (Å²) in [5, 5.41) is 17.3. The van der Waals surface area contributed by atoms with Crippen molar-refractivity contribution in [2.24, 2.45) is 11.5 Å². The number of nitrogens with two attached hydrogens (primary N) is 2. The molecule has 11 heavy (non-hydrogen) atoms. The molecule has 0 amide bonds. The number of rotatable bonds is 6. The number of ether oxygens (including phenoxy) is 1. The molecule has 0 aromatic heterocycles. The second kappa shape index (κ2) is 6.51. The zero-order chi connectivity index (χ0) is 8.69. The summed E-state index contributed by atoms with van der Waals surface area (Å²) in [6, 6.07) is 0. The molecule has 0 spiro atoms. The molecule has 6 N–H and O–H groups in total. The van der Waals surface area contributed by atoms with E-state index in [-0.39, 0.29) is 26.3 Å². The molecule has 0 saturated heterocycles. The van der Waals surface area contributed by atoms with E-state index in [9.17, 15) is 0 Å². The number of hydrogen-bond donors (Lipinski definition) is 4. The summed E-state index contributed by atoms with van der Waals surface area (Å²) in [6.07, 6.45) is -0.841. The monoisotopic (exact) mass is 164 g/mol. The van der Waals surface area contributed by atoms with Gasteiger partial charge in [0.15, 0.2) is 0 Å². The fourth-order valence-corrected chi connectivity index (χ4v) is 0.618. The molecule has 0 bridgehead atoms. The molecule has 0 aromatic carbocycles. The van der Waals surface area contributed by atoms with E-state index in [2.05, 4.69) is 0 Å². The quantitative estimate of drug-likeness (QED) is 0.352. The van der Waals surface area contributed by atoms with Gasteiger partial charge in [0.2, 0.25) is 0 Å². The van der Waals surface area contributed by atoms with Crippen LogP contribution in [0.25, 0.3) is 0 Å². The van der Waals surface area contributed by atoms with E-state index in [1.165, 1.54) is 0 Å². The molecule has 0 aromatic rings. The molecular formula is C6H16N2O3. The molecule has 0 heterocycles. The van der Waals surface area contributed by atoms with Crippen molar-refractivity contribution >= 4 is 0 Å². The zero-order valence-corrected chi connectivity index (χ0v) is 6.44. The first-order valence-electron chi connectivity index (χ1n) is 3.55. The first-order chi connectivity index (χ1) is 5.28. The zero-order valence-electron chi connectivity index (χ0n) is 6.44. The summed E-state index contributed by atoms with van der Waals surface area (Å²) in [7, 11) is 0. The van der Waals surface area contributed by atoms with Crippen molar-refractivity contribution in [3.05, 3.63) is 0 Å². The van der Waals surface area contributed by atoms with Gasteiger partial charge in [-0.05, 0) is 0 Å². The van der Waals surface area contributed by atoms with Crippen LogP contribution in [0.5, 0.6) is 0 Å². The Kier molecular flexibility index (Phi) is 6.39. The Hall–Kier alpha value is -0.200. The van der Waals surface area contributed by atoms with Crippen molar-refractivity contribution in [3.8, 4) is 0 Å². The van der Waals surface area contributed by atoms with Crippen LogP contribution >= 0.6 is 0 Å². The van der Waals surface area contributed by atoms with Crippen molar-refractivity contribution in [1.82, 2.24) is 0 Å². The lowest BCUT2D eigenvalue weighted by Crippen LogP contribution is -2.37. The SMILES string of the molecule is NCC(CO)OC(CN)CO. The van der Waals surface area contributed by atoms with Crippen LogP contribution in [0.3, 0.4) is 0 Å². The summed E-state index contributed by atoms with van der Waals surface area (Å²) < 4.78 is 5.10. The average molecular weight is 164 g/mol. The van der Waals surface area contributed by atoms with Crippen molar-refractivity contribution < 1.29 is 14.9 Å². The van der Waals surface area contributed by atoms with E-state index in [1.807, 2.05) is 0 Å². The molecule has 0 radical (unpaired) electrons. The largest absolute Gasteiger partial charge is 0.394 e. The molecular weight excluding hydrogens is 148 g/mol. The minimum Gasteiger partial charge on any atom is -0.394 e. The van der Waals surface area contributed by atoms with Crippen LogP contribution in [0.2, 0.25) is 0 Å². The van der Waals surface area contributed by atoms with Gasteiger partial charge >= 0.3 is 0 Å². The van der Waals surface area contributed by atoms with Gasteiger partial charge in [-0.3, -0.25) is 0 Å². The minimum absolute atomic E-state index is 0.146. The van der Waals surface area contributed by atoms with Gasteiger partial charge in [-0.15, -0.1) is 0 Å². The minimum atomic E-state index is -0.421. The third-order valence-electron chi connectivity index (χ3n) is 1.32. The maximum absolute atomic E-state index is 8.64. The lowest BCUT2D eigenvalue weighted by atomic mass is 10.3. The van der Waals surface area contributed by atoms with Gasteiger partial charge in [0.25, 0.3) is 0 Å². The number of aliphatic hydroxyl groups excluding tert-OH is 2. The van der Waals surface area contributed by atoms with E-state index in [1.54, 1.807) is 0 Å². The van der Waals surface area contributed by atoms with Crippen molar-refractivity contribution in [2.45, 2.75) is 12.2 Å². The normalized spacial score (nSPS) is 16.4. The highest BCUT2D eigenvalue weighted by atomic mass is 16.5. The van der Waals surface area contributed by atoms with E-state index in [4.69, 9.17) is 26.4 Å². The van der Waals surface area contributed by atoms with Gasteiger partial charge in [-0.25, -0.2) is 0 Å². The average Bonchev–Trinajstić information content (AvgIpc) is 2.07. The predicted octanol–water partition coefficient (Wildman–Crippen LogP) is -2.36. The van der Waals surface area contributed by atoms with E-state index in [0.29, 0.717) is 0 Å². The molecule has 2 atom stereocenters. The fourth-order valence-electron chi connectivity index (χ4n) is 0.618. The lowest BCUT2D eigenvalue weighted by Gasteiger charge is -2.19. The second-order valence-corrected chi connectivity index (χ2v) is 2.22. The van der Waals surface area contributed by atoms with Crippen LogP contribution in [0, 0.1) is 0 Å². The molecule has 5 heteroatoms. The van der Waals surface area contributed by atoms with E-state index >= 15 is 0 Å². The Bertz CT molecular complexity index is 73.9. The molecule has 0 rings (SSSR count). The van der Waals surface area contributed by atoms with Gasteiger partial charge in [-0.1, -0.05) is 0 Å². The Morgan fingerprint density at radius 2 is 1.36 bits per heavy atom. The van der Waals surface area contributed by atoms with E-state index < -0.39 is 12.2 Å². The summed E-state index contributed by atoms with van der Waals surface area (Å²) in [4.78, 5) is 0. The smallest absolute Gasteiger partial charge is 0.0933 e. The maximum Gasteiger partial charge on any atom is 0.0933 e. The van der Waals surface area contributed by atoms with Crippen LogP contribution in [0.4, 0.5) is 0 Å². The highest BCUT2D eigenvalue weighted by Crippen LogP contribution is 1.94. The lowest BCUT2D eigenvalue weighted by molar-refractivity contribution is -0.0508. The van der Waals surface area contributed by atoms with Crippen molar-refractivity contribution in [2.75, 3.05) is 26.3 Å². The number of hydrogen-bond acceptors (Lipinski definition) is 5. The van der Waals surface area contributed by atoms with Crippen LogP contribution in [-0.4, -0.2) is 48.7 Å². The van der Waals surface area contributed by atoms with Crippen molar-refractivity contribution in [3.63, 3.8) is 0 Å². The number of aliphatic hydroxyl groups is 2. The summed E-state index contributed by atoms with van der Waals surface area (Å²) in [5.41, 5.74) is 10.5. The molecule has 68 valence electrons. The predicted molar refractivity (Wildman–Crippen MR) is 40.9 cm³/mol.